The van der Waals surface area contributed by atoms with Gasteiger partial charge < -0.3 is 10.5 Å². The minimum atomic E-state index is -0.738. The Kier molecular flexibility index (Phi) is 3.31. The van der Waals surface area contributed by atoms with E-state index in [0.29, 0.717) is 21.5 Å². The van der Waals surface area contributed by atoms with Crippen LogP contribution in [0.3, 0.4) is 0 Å². The van der Waals surface area contributed by atoms with Gasteiger partial charge in [0, 0.05) is 15.7 Å². The fourth-order valence-corrected chi connectivity index (χ4v) is 4.32. The number of aryl methyl sites for hydroxylation is 1. The smallest absolute Gasteiger partial charge is 0.244 e. The molecule has 1 aromatic carbocycles. The minimum Gasteiger partial charge on any atom is -0.420 e. The molecule has 4 rings (SSSR count). The lowest BCUT2D eigenvalue weighted by atomic mass is 9.65. The molecule has 1 aliphatic heterocycles. The molecule has 7 heteroatoms. The van der Waals surface area contributed by atoms with Gasteiger partial charge in [0.25, 0.3) is 0 Å². The van der Waals surface area contributed by atoms with Gasteiger partial charge in [-0.05, 0) is 49.4 Å². The van der Waals surface area contributed by atoms with Gasteiger partial charge in [0.1, 0.15) is 11.6 Å². The first-order valence-electron chi connectivity index (χ1n) is 7.58. The summed E-state index contributed by atoms with van der Waals surface area (Å²) in [5.74, 6) is 0.714. The molecule has 2 aromatic rings. The van der Waals surface area contributed by atoms with Crippen LogP contribution in [-0.2, 0) is 5.41 Å². The summed E-state index contributed by atoms with van der Waals surface area (Å²) in [4.78, 5) is 0. The Morgan fingerprint density at radius 1 is 1.33 bits per heavy atom. The van der Waals surface area contributed by atoms with Crippen molar-refractivity contribution in [3.63, 3.8) is 0 Å². The standard InChI is InChI=1S/C17H14Cl2N4O/c1-8-14-16(23-22-8)24-15(21)13(7-20)17(14,9-2-3-9)10-4-11(18)6-12(19)5-10/h4-6,9H,2-3,21H2,1H3,(H,22,23). The van der Waals surface area contributed by atoms with Crippen molar-refractivity contribution in [3.8, 4) is 11.9 Å². The normalized spacial score (nSPS) is 22.8. The lowest BCUT2D eigenvalue weighted by Gasteiger charge is -2.38. The van der Waals surface area contributed by atoms with E-state index in [2.05, 4.69) is 16.3 Å². The monoisotopic (exact) mass is 360 g/mol. The lowest BCUT2D eigenvalue weighted by Crippen LogP contribution is -2.39. The molecule has 24 heavy (non-hydrogen) atoms. The van der Waals surface area contributed by atoms with Crippen molar-refractivity contribution < 1.29 is 4.74 Å². The van der Waals surface area contributed by atoms with Crippen molar-refractivity contribution >= 4 is 23.2 Å². The SMILES string of the molecule is Cc1[nH]nc2c1C(c1cc(Cl)cc(Cl)c1)(C1CC1)C(C#N)=C(N)O2. The van der Waals surface area contributed by atoms with E-state index in [4.69, 9.17) is 33.7 Å². The van der Waals surface area contributed by atoms with Crippen molar-refractivity contribution in [2.45, 2.75) is 25.2 Å². The van der Waals surface area contributed by atoms with Crippen LogP contribution in [0.5, 0.6) is 5.88 Å². The molecule has 1 aromatic heterocycles. The number of aromatic nitrogens is 2. The highest BCUT2D eigenvalue weighted by Crippen LogP contribution is 2.60. The van der Waals surface area contributed by atoms with Crippen LogP contribution >= 0.6 is 23.2 Å². The number of aromatic amines is 1. The molecule has 1 saturated carbocycles. The number of halogens is 2. The molecule has 0 bridgehead atoms. The average Bonchev–Trinajstić information content (AvgIpc) is 3.30. The molecule has 2 heterocycles. The number of hydrogen-bond acceptors (Lipinski definition) is 4. The van der Waals surface area contributed by atoms with Crippen LogP contribution in [-0.4, -0.2) is 10.2 Å². The second kappa shape index (κ2) is 5.17. The maximum atomic E-state index is 9.86. The van der Waals surface area contributed by atoms with Crippen molar-refractivity contribution in [2.75, 3.05) is 0 Å². The first-order chi connectivity index (χ1) is 11.5. The van der Waals surface area contributed by atoms with Gasteiger partial charge in [0.2, 0.25) is 11.8 Å². The van der Waals surface area contributed by atoms with Crippen LogP contribution in [0.2, 0.25) is 10.0 Å². The lowest BCUT2D eigenvalue weighted by molar-refractivity contribution is 0.344. The Morgan fingerprint density at radius 2 is 2.00 bits per heavy atom. The van der Waals surface area contributed by atoms with E-state index in [1.54, 1.807) is 6.07 Å². The van der Waals surface area contributed by atoms with Gasteiger partial charge in [0.15, 0.2) is 0 Å². The third-order valence-corrected chi connectivity index (χ3v) is 5.21. The molecular formula is C17H14Cl2N4O. The van der Waals surface area contributed by atoms with Crippen LogP contribution in [0.15, 0.2) is 29.7 Å². The first-order valence-corrected chi connectivity index (χ1v) is 8.34. The number of nitrogens with two attached hydrogens (primary N) is 1. The number of fused-ring (bicyclic) bond motifs is 1. The summed E-state index contributed by atoms with van der Waals surface area (Å²) >= 11 is 12.5. The highest BCUT2D eigenvalue weighted by molar-refractivity contribution is 6.34. The predicted octanol–water partition coefficient (Wildman–Crippen LogP) is 3.81. The zero-order valence-corrected chi connectivity index (χ0v) is 14.4. The summed E-state index contributed by atoms with van der Waals surface area (Å²) in [5.41, 5.74) is 8.26. The van der Waals surface area contributed by atoms with Crippen molar-refractivity contribution in [3.05, 3.63) is 56.5 Å². The van der Waals surface area contributed by atoms with Gasteiger partial charge >= 0.3 is 0 Å². The van der Waals surface area contributed by atoms with Gasteiger partial charge in [-0.3, -0.25) is 5.10 Å². The highest BCUT2D eigenvalue weighted by atomic mass is 35.5. The van der Waals surface area contributed by atoms with Gasteiger partial charge in [-0.1, -0.05) is 23.2 Å². The van der Waals surface area contributed by atoms with Crippen molar-refractivity contribution in [1.29, 1.82) is 5.26 Å². The number of hydrogen-bond donors (Lipinski definition) is 2. The molecular weight excluding hydrogens is 347 g/mol. The molecule has 1 aliphatic carbocycles. The average molecular weight is 361 g/mol. The van der Waals surface area contributed by atoms with E-state index in [1.165, 1.54) is 0 Å². The highest BCUT2D eigenvalue weighted by Gasteiger charge is 2.57. The Hall–Kier alpha value is -2.16. The van der Waals surface area contributed by atoms with Crippen LogP contribution < -0.4 is 10.5 Å². The van der Waals surface area contributed by atoms with E-state index in [9.17, 15) is 5.26 Å². The Labute approximate surface area is 149 Å². The maximum absolute atomic E-state index is 9.86. The van der Waals surface area contributed by atoms with E-state index >= 15 is 0 Å². The molecule has 5 nitrogen and oxygen atoms in total. The van der Waals surface area contributed by atoms with E-state index in [-0.39, 0.29) is 11.8 Å². The molecule has 3 N–H and O–H groups in total. The van der Waals surface area contributed by atoms with Crippen LogP contribution in [0.25, 0.3) is 0 Å². The Balaban J connectivity index is 2.13. The minimum absolute atomic E-state index is 0.0829. The topological polar surface area (TPSA) is 87.7 Å². The van der Waals surface area contributed by atoms with E-state index < -0.39 is 5.41 Å². The summed E-state index contributed by atoms with van der Waals surface area (Å²) in [6.45, 7) is 1.91. The number of rotatable bonds is 2. The molecule has 122 valence electrons. The van der Waals surface area contributed by atoms with Crippen molar-refractivity contribution in [2.24, 2.45) is 11.7 Å². The third-order valence-electron chi connectivity index (χ3n) is 4.78. The molecule has 2 aliphatic rings. The molecule has 0 spiro atoms. The second-order valence-corrected chi connectivity index (χ2v) is 7.10. The summed E-state index contributed by atoms with van der Waals surface area (Å²) in [7, 11) is 0. The number of benzene rings is 1. The summed E-state index contributed by atoms with van der Waals surface area (Å²) < 4.78 is 5.60. The van der Waals surface area contributed by atoms with Gasteiger partial charge in [-0.15, -0.1) is 5.10 Å². The van der Waals surface area contributed by atoms with E-state index in [1.807, 2.05) is 19.1 Å². The number of nitriles is 1. The van der Waals surface area contributed by atoms with Gasteiger partial charge in [-0.2, -0.15) is 5.26 Å². The molecule has 0 amide bonds. The first kappa shape index (κ1) is 15.4. The number of nitrogens with zero attached hydrogens (tertiary/aromatic N) is 2. The molecule has 0 saturated heterocycles. The third kappa shape index (κ3) is 1.97. The zero-order chi connectivity index (χ0) is 17.1. The van der Waals surface area contributed by atoms with Gasteiger partial charge in [0.05, 0.1) is 11.0 Å². The Bertz CT molecular complexity index is 903. The summed E-state index contributed by atoms with van der Waals surface area (Å²) in [5, 5.41) is 18.1. The summed E-state index contributed by atoms with van der Waals surface area (Å²) in [6.07, 6.45) is 1.96. The molecule has 1 atom stereocenters. The maximum Gasteiger partial charge on any atom is 0.244 e. The number of allylic oxidation sites excluding steroid dienone is 1. The number of H-pyrrole nitrogens is 1. The number of nitrogens with one attached hydrogen (secondary N) is 1. The fourth-order valence-electron chi connectivity index (χ4n) is 3.79. The van der Waals surface area contributed by atoms with Crippen LogP contribution in [0, 0.1) is 24.2 Å². The molecule has 0 radical (unpaired) electrons. The van der Waals surface area contributed by atoms with Crippen LogP contribution in [0.1, 0.15) is 29.7 Å². The predicted molar refractivity (Wildman–Crippen MR) is 90.7 cm³/mol. The Morgan fingerprint density at radius 3 is 2.58 bits per heavy atom. The fraction of sp³-hybridized carbons (Fsp3) is 0.294. The molecule has 1 fully saturated rings. The molecule has 1 unspecified atom stereocenters. The van der Waals surface area contributed by atoms with E-state index in [0.717, 1.165) is 29.7 Å². The zero-order valence-electron chi connectivity index (χ0n) is 12.9. The summed E-state index contributed by atoms with van der Waals surface area (Å²) in [6, 6.07) is 7.63. The largest absolute Gasteiger partial charge is 0.420 e. The van der Waals surface area contributed by atoms with Crippen LogP contribution in [0.4, 0.5) is 0 Å². The van der Waals surface area contributed by atoms with Crippen molar-refractivity contribution in [1.82, 2.24) is 10.2 Å². The second-order valence-electron chi connectivity index (χ2n) is 6.22. The number of ether oxygens (including phenoxy) is 1. The quantitative estimate of drug-likeness (QED) is 0.852. The van der Waals surface area contributed by atoms with Gasteiger partial charge in [-0.25, -0.2) is 0 Å².